The summed E-state index contributed by atoms with van der Waals surface area (Å²) >= 11 is 0. The van der Waals surface area contributed by atoms with Crippen LogP contribution in [0.3, 0.4) is 0 Å². The number of likely N-dealkylation sites (tertiary alicyclic amines) is 2. The van der Waals surface area contributed by atoms with Gasteiger partial charge in [0.1, 0.15) is 22.8 Å². The maximum atomic E-state index is 15.2. The van der Waals surface area contributed by atoms with E-state index < -0.39 is 0 Å². The third kappa shape index (κ3) is 5.12. The number of rotatable bonds is 6. The number of hydrogen-bond acceptors (Lipinski definition) is 5. The van der Waals surface area contributed by atoms with Crippen LogP contribution in [0.25, 0.3) is 27.8 Å². The van der Waals surface area contributed by atoms with E-state index in [1.54, 1.807) is 42.9 Å². The van der Waals surface area contributed by atoms with Crippen LogP contribution in [0.1, 0.15) is 72.9 Å². The third-order valence-electron chi connectivity index (χ3n) is 9.89. The second-order valence-corrected chi connectivity index (χ2v) is 13.0. The van der Waals surface area contributed by atoms with Crippen molar-refractivity contribution in [2.45, 2.75) is 70.9 Å². The van der Waals surface area contributed by atoms with E-state index >= 15 is 4.39 Å². The van der Waals surface area contributed by atoms with Gasteiger partial charge in [0.05, 0.1) is 23.9 Å². The van der Waals surface area contributed by atoms with Crippen LogP contribution in [0.15, 0.2) is 30.5 Å². The lowest BCUT2D eigenvalue weighted by Crippen LogP contribution is -2.45. The van der Waals surface area contributed by atoms with Crippen molar-refractivity contribution in [2.75, 3.05) is 33.3 Å². The van der Waals surface area contributed by atoms with Crippen LogP contribution in [0.4, 0.5) is 4.39 Å². The molecule has 2 amide bonds. The first-order chi connectivity index (χ1) is 21.2. The van der Waals surface area contributed by atoms with Crippen molar-refractivity contribution < 1.29 is 18.7 Å². The molecular formula is C34H41FN6O3. The quantitative estimate of drug-likeness (QED) is 0.332. The van der Waals surface area contributed by atoms with Crippen molar-refractivity contribution in [1.82, 2.24) is 24.0 Å². The lowest BCUT2D eigenvalue weighted by molar-refractivity contribution is -0.129. The largest absolute Gasteiger partial charge is 0.494 e. The number of aryl methyl sites for hydroxylation is 1. The minimum atomic E-state index is -0.245. The predicted octanol–water partition coefficient (Wildman–Crippen LogP) is 5.11. The lowest BCUT2D eigenvalue weighted by atomic mass is 9.88. The molecule has 10 heteroatoms. The summed E-state index contributed by atoms with van der Waals surface area (Å²) in [6, 6.07) is 7.19. The zero-order valence-corrected chi connectivity index (χ0v) is 25.8. The fraction of sp³-hybridized carbons (Fsp3) is 0.500. The predicted molar refractivity (Wildman–Crippen MR) is 167 cm³/mol. The van der Waals surface area contributed by atoms with Crippen molar-refractivity contribution in [3.8, 4) is 17.1 Å². The van der Waals surface area contributed by atoms with E-state index in [1.807, 2.05) is 16.7 Å². The number of ether oxygens (including phenoxy) is 1. The topological polar surface area (TPSA) is 98.1 Å². The van der Waals surface area contributed by atoms with E-state index in [-0.39, 0.29) is 29.6 Å². The Balaban J connectivity index is 1.34. The second kappa shape index (κ2) is 11.2. The van der Waals surface area contributed by atoms with E-state index in [9.17, 15) is 9.59 Å². The highest BCUT2D eigenvalue weighted by Gasteiger charge is 2.31. The highest BCUT2D eigenvalue weighted by atomic mass is 19.1. The summed E-state index contributed by atoms with van der Waals surface area (Å²) in [6.07, 6.45) is 7.58. The van der Waals surface area contributed by atoms with Crippen LogP contribution in [-0.4, -0.2) is 75.1 Å². The van der Waals surface area contributed by atoms with Crippen LogP contribution in [-0.2, 0) is 11.3 Å². The number of halogens is 1. The van der Waals surface area contributed by atoms with Crippen LogP contribution in [0.5, 0.6) is 5.75 Å². The normalized spacial score (nSPS) is 19.7. The number of nitrogens with two attached hydrogens (primary N) is 1. The van der Waals surface area contributed by atoms with Crippen molar-refractivity contribution in [1.29, 1.82) is 0 Å². The van der Waals surface area contributed by atoms with Crippen molar-refractivity contribution in [3.05, 3.63) is 53.0 Å². The number of carbonyl (C=O) groups excluding carboxylic acids is 2. The summed E-state index contributed by atoms with van der Waals surface area (Å²) in [6.45, 7) is 7.08. The van der Waals surface area contributed by atoms with Gasteiger partial charge in [-0.15, -0.1) is 0 Å². The monoisotopic (exact) mass is 600 g/mol. The molecule has 0 spiro atoms. The molecule has 44 heavy (non-hydrogen) atoms. The van der Waals surface area contributed by atoms with Gasteiger partial charge in [0.2, 0.25) is 5.91 Å². The molecule has 3 aliphatic rings. The van der Waals surface area contributed by atoms with Gasteiger partial charge in [-0.1, -0.05) is 0 Å². The molecule has 2 N–H and O–H groups in total. The van der Waals surface area contributed by atoms with Crippen LogP contribution in [0, 0.1) is 18.7 Å². The van der Waals surface area contributed by atoms with E-state index in [2.05, 4.69) is 10.6 Å². The fourth-order valence-electron chi connectivity index (χ4n) is 7.35. The smallest absolute Gasteiger partial charge is 0.255 e. The van der Waals surface area contributed by atoms with Gasteiger partial charge < -0.3 is 24.8 Å². The molecule has 1 unspecified atom stereocenters. The average molecular weight is 601 g/mol. The van der Waals surface area contributed by atoms with Gasteiger partial charge in [-0.05, 0) is 87.1 Å². The number of hydrogen-bond donors (Lipinski definition) is 1. The first kappa shape index (κ1) is 28.8. The molecule has 2 aliphatic heterocycles. The molecule has 3 aromatic heterocycles. The molecule has 2 saturated heterocycles. The Morgan fingerprint density at radius 1 is 1.02 bits per heavy atom. The number of methoxy groups -OCH3 is 1. The molecule has 4 aromatic rings. The van der Waals surface area contributed by atoms with E-state index in [1.165, 1.54) is 12.8 Å². The van der Waals surface area contributed by atoms with Gasteiger partial charge in [-0.2, -0.15) is 5.10 Å². The summed E-state index contributed by atoms with van der Waals surface area (Å²) in [7, 11) is 1.61. The first-order valence-corrected chi connectivity index (χ1v) is 15.9. The van der Waals surface area contributed by atoms with Gasteiger partial charge in [0.25, 0.3) is 5.91 Å². The second-order valence-electron chi connectivity index (χ2n) is 13.0. The number of aromatic nitrogens is 3. The molecule has 3 fully saturated rings. The van der Waals surface area contributed by atoms with Crippen molar-refractivity contribution in [3.63, 3.8) is 0 Å². The van der Waals surface area contributed by atoms with Crippen molar-refractivity contribution in [2.24, 2.45) is 11.7 Å². The van der Waals surface area contributed by atoms with Gasteiger partial charge >= 0.3 is 0 Å². The molecule has 1 atom stereocenters. The summed E-state index contributed by atoms with van der Waals surface area (Å²) in [5.74, 6) is 1.10. The van der Waals surface area contributed by atoms with E-state index in [0.29, 0.717) is 43.4 Å². The van der Waals surface area contributed by atoms with Crippen molar-refractivity contribution >= 4 is 28.2 Å². The molecule has 0 bridgehead atoms. The number of benzene rings is 1. The molecule has 5 heterocycles. The minimum Gasteiger partial charge on any atom is -0.494 e. The minimum absolute atomic E-state index is 0.0123. The fourth-order valence-corrected chi connectivity index (χ4v) is 7.35. The maximum absolute atomic E-state index is 15.2. The highest BCUT2D eigenvalue weighted by Crippen LogP contribution is 2.42. The molecule has 7 rings (SSSR count). The van der Waals surface area contributed by atoms with Gasteiger partial charge in [-0.3, -0.25) is 9.59 Å². The SMILES string of the molecule is COc1cc(C(=O)N2CCCC(N)C2)cn2nc(-c3cc4cc(F)cc(C5CCN(C(C)=O)CC5)c4n3CC3CC3)c(C)c12. The lowest BCUT2D eigenvalue weighted by Gasteiger charge is -2.32. The summed E-state index contributed by atoms with van der Waals surface area (Å²) < 4.78 is 25.1. The van der Waals surface area contributed by atoms with E-state index in [0.717, 1.165) is 71.2 Å². The summed E-state index contributed by atoms with van der Waals surface area (Å²) in [5.41, 5.74) is 12.2. The molecule has 9 nitrogen and oxygen atoms in total. The molecule has 232 valence electrons. The number of fused-ring (bicyclic) bond motifs is 2. The third-order valence-corrected chi connectivity index (χ3v) is 9.89. The number of nitrogens with zero attached hydrogens (tertiary/aromatic N) is 5. The van der Waals surface area contributed by atoms with Gasteiger partial charge in [0.15, 0.2) is 0 Å². The number of piperidine rings is 2. The highest BCUT2D eigenvalue weighted by molar-refractivity contribution is 5.96. The van der Waals surface area contributed by atoms with Gasteiger partial charge in [-0.25, -0.2) is 8.91 Å². The zero-order chi connectivity index (χ0) is 30.7. The molecule has 0 radical (unpaired) electrons. The standard InChI is InChI=1S/C34H41FN6O3/c1-20-31(37-41-18-25(15-30(44-3)32(20)41)34(43)39-10-4-5-27(36)19-39)29-14-24-13-26(35)16-28(33(24)40(29)17-22-6-7-22)23-8-11-38(12-9-23)21(2)42/h13-16,18,22-23,27H,4-12,17,19,36H2,1-3H3. The number of amides is 2. The Morgan fingerprint density at radius 2 is 1.80 bits per heavy atom. The molecule has 1 aromatic carbocycles. The zero-order valence-electron chi connectivity index (χ0n) is 25.8. The summed E-state index contributed by atoms with van der Waals surface area (Å²) in [4.78, 5) is 29.2. The first-order valence-electron chi connectivity index (χ1n) is 15.9. The molecule has 1 aliphatic carbocycles. The van der Waals surface area contributed by atoms with Crippen LogP contribution < -0.4 is 10.5 Å². The summed E-state index contributed by atoms with van der Waals surface area (Å²) in [5, 5.41) is 5.92. The van der Waals surface area contributed by atoms with Crippen LogP contribution in [0.2, 0.25) is 0 Å². The van der Waals surface area contributed by atoms with Crippen LogP contribution >= 0.6 is 0 Å². The average Bonchev–Trinajstić information content (AvgIpc) is 3.69. The maximum Gasteiger partial charge on any atom is 0.255 e. The Labute approximate surface area is 256 Å². The number of pyridine rings is 1. The van der Waals surface area contributed by atoms with Gasteiger partial charge in [0, 0.05) is 62.8 Å². The Hall–Kier alpha value is -3.92. The Kier molecular flexibility index (Phi) is 7.35. The molecule has 1 saturated carbocycles. The Morgan fingerprint density at radius 3 is 2.48 bits per heavy atom. The van der Waals surface area contributed by atoms with E-state index in [4.69, 9.17) is 15.6 Å². The molecular weight excluding hydrogens is 559 g/mol. The number of carbonyl (C=O) groups is 2. The Bertz CT molecular complexity index is 1760.